The summed E-state index contributed by atoms with van der Waals surface area (Å²) in [5.41, 5.74) is 4.51. The molecule has 214 valence electrons. The fourth-order valence-electron chi connectivity index (χ4n) is 7.18. The lowest BCUT2D eigenvalue weighted by atomic mass is 9.92. The molecule has 0 spiro atoms. The largest absolute Gasteiger partial charge is 0.268 e. The summed E-state index contributed by atoms with van der Waals surface area (Å²) in [6.45, 7) is 6.35. The van der Waals surface area contributed by atoms with Gasteiger partial charge in [-0.1, -0.05) is 83.9 Å². The van der Waals surface area contributed by atoms with E-state index >= 15 is 0 Å². The Kier molecular flexibility index (Phi) is 6.07. The van der Waals surface area contributed by atoms with E-state index in [2.05, 4.69) is 12.1 Å². The van der Waals surface area contributed by atoms with Crippen molar-refractivity contribution in [3.8, 4) is 0 Å². The van der Waals surface area contributed by atoms with Gasteiger partial charge >= 0.3 is 0 Å². The third-order valence-corrected chi connectivity index (χ3v) is 12.8. The van der Waals surface area contributed by atoms with Crippen LogP contribution in [0.2, 0.25) is 0 Å². The van der Waals surface area contributed by atoms with E-state index in [0.29, 0.717) is 17.8 Å². The fraction of sp³-hybridized carbons (Fsp3) is 0.235. The van der Waals surface area contributed by atoms with Gasteiger partial charge < -0.3 is 0 Å². The molecule has 0 N–H and O–H groups in total. The number of benzene rings is 4. The van der Waals surface area contributed by atoms with Crippen molar-refractivity contribution in [1.82, 2.24) is 8.28 Å². The second kappa shape index (κ2) is 9.39. The molecule has 0 radical (unpaired) electrons. The predicted octanol–water partition coefficient (Wildman–Crippen LogP) is 6.16. The normalized spacial score (nSPS) is 22.4. The number of hydrogen-bond donors (Lipinski definition) is 0. The average molecular weight is 597 g/mol. The van der Waals surface area contributed by atoms with Gasteiger partial charge in [0.25, 0.3) is 10.0 Å². The zero-order valence-corrected chi connectivity index (χ0v) is 25.4. The van der Waals surface area contributed by atoms with Crippen molar-refractivity contribution in [2.75, 3.05) is 13.1 Å². The third-order valence-electron chi connectivity index (χ3n) is 9.25. The van der Waals surface area contributed by atoms with E-state index in [0.717, 1.165) is 27.6 Å². The molecule has 1 aliphatic heterocycles. The minimum Gasteiger partial charge on any atom is -0.237 e. The topological polar surface area (TPSA) is 76.5 Å². The summed E-state index contributed by atoms with van der Waals surface area (Å²) in [6.07, 6.45) is 0. The maximum atomic E-state index is 14.5. The number of hydrogen-bond acceptors (Lipinski definition) is 4. The third kappa shape index (κ3) is 3.85. The van der Waals surface area contributed by atoms with Crippen molar-refractivity contribution in [2.24, 2.45) is 5.92 Å². The quantitative estimate of drug-likeness (QED) is 0.235. The molecule has 2 fully saturated rings. The van der Waals surface area contributed by atoms with Crippen LogP contribution >= 0.6 is 0 Å². The summed E-state index contributed by atoms with van der Waals surface area (Å²) in [7, 11) is -7.79. The number of sulfonamides is 1. The predicted molar refractivity (Wildman–Crippen MR) is 165 cm³/mol. The number of piperidine rings is 1. The minimum absolute atomic E-state index is 0.0156. The smallest absolute Gasteiger partial charge is 0.237 e. The van der Waals surface area contributed by atoms with E-state index in [1.807, 2.05) is 87.5 Å². The second-order valence-corrected chi connectivity index (χ2v) is 15.4. The van der Waals surface area contributed by atoms with Crippen molar-refractivity contribution in [1.29, 1.82) is 0 Å². The molecule has 1 aliphatic carbocycles. The Morgan fingerprint density at radius 1 is 0.667 bits per heavy atom. The Labute approximate surface area is 247 Å². The molecule has 6 nitrogen and oxygen atoms in total. The molecule has 2 aliphatic rings. The van der Waals surface area contributed by atoms with Crippen molar-refractivity contribution in [2.45, 2.75) is 41.9 Å². The Morgan fingerprint density at radius 3 is 1.83 bits per heavy atom. The summed E-state index contributed by atoms with van der Waals surface area (Å²) in [6, 6.07) is 31.5. The van der Waals surface area contributed by atoms with Gasteiger partial charge in [0.05, 0.1) is 15.3 Å². The van der Waals surface area contributed by atoms with E-state index in [1.165, 1.54) is 3.97 Å². The molecule has 7 rings (SSSR count). The first kappa shape index (κ1) is 27.1. The Bertz CT molecular complexity index is 2050. The number of rotatable bonds is 6. The van der Waals surface area contributed by atoms with Crippen LogP contribution < -0.4 is 0 Å². The van der Waals surface area contributed by atoms with Crippen LogP contribution in [0.3, 0.4) is 0 Å². The van der Waals surface area contributed by atoms with Crippen LogP contribution in [-0.4, -0.2) is 38.2 Å². The van der Waals surface area contributed by atoms with Gasteiger partial charge in [0.2, 0.25) is 10.0 Å². The first-order chi connectivity index (χ1) is 20.1. The molecule has 8 heteroatoms. The first-order valence-corrected chi connectivity index (χ1v) is 17.0. The highest BCUT2D eigenvalue weighted by atomic mass is 32.2. The molecular formula is C34H32N2O4S2. The van der Waals surface area contributed by atoms with Crippen molar-refractivity contribution in [3.05, 3.63) is 131 Å². The summed E-state index contributed by atoms with van der Waals surface area (Å²) >= 11 is 0. The van der Waals surface area contributed by atoms with Gasteiger partial charge in [0.15, 0.2) is 0 Å². The van der Waals surface area contributed by atoms with Gasteiger partial charge in [-0.05, 0) is 68.1 Å². The summed E-state index contributed by atoms with van der Waals surface area (Å²) in [4.78, 5) is 0.465. The average Bonchev–Trinajstić information content (AvgIpc) is 3.25. The maximum Gasteiger partial charge on any atom is 0.268 e. The lowest BCUT2D eigenvalue weighted by molar-refractivity contribution is 0.418. The number of nitrogens with zero attached hydrogens (tertiary/aromatic N) is 2. The van der Waals surface area contributed by atoms with Gasteiger partial charge in [0.1, 0.15) is 0 Å². The number of aryl methyl sites for hydroxylation is 3. The van der Waals surface area contributed by atoms with E-state index < -0.39 is 25.5 Å². The Morgan fingerprint density at radius 2 is 1.21 bits per heavy atom. The van der Waals surface area contributed by atoms with Crippen molar-refractivity contribution in [3.63, 3.8) is 0 Å². The molecule has 3 unspecified atom stereocenters. The zero-order chi connectivity index (χ0) is 29.4. The number of fused-ring (bicyclic) bond motifs is 2. The van der Waals surface area contributed by atoms with Crippen LogP contribution in [-0.2, 0) is 25.5 Å². The second-order valence-electron chi connectivity index (χ2n) is 11.7. The molecule has 4 aromatic carbocycles. The summed E-state index contributed by atoms with van der Waals surface area (Å²) in [5, 5.41) is 0.856. The van der Waals surface area contributed by atoms with Crippen LogP contribution in [0.1, 0.15) is 33.9 Å². The van der Waals surface area contributed by atoms with Gasteiger partial charge in [-0.2, -0.15) is 4.31 Å². The van der Waals surface area contributed by atoms with Crippen LogP contribution in [0, 0.1) is 26.7 Å². The first-order valence-electron chi connectivity index (χ1n) is 14.1. The SMILES string of the molecule is Cc1ccc(S(=O)(=O)N2CC3C(c4ccccc4)C3(c3c(C)c4ccccc4n3S(=O)(=O)c3ccc(C)cc3)C2)cc1. The fourth-order valence-corrected chi connectivity index (χ4v) is 10.4. The minimum atomic E-state index is -4.01. The molecule has 2 heterocycles. The van der Waals surface area contributed by atoms with E-state index in [-0.39, 0.29) is 28.2 Å². The molecule has 1 saturated heterocycles. The molecule has 1 saturated carbocycles. The molecule has 42 heavy (non-hydrogen) atoms. The van der Waals surface area contributed by atoms with Gasteiger partial charge in [-0.25, -0.2) is 20.8 Å². The Balaban J connectivity index is 1.46. The molecule has 3 atom stereocenters. The highest BCUT2D eigenvalue weighted by Gasteiger charge is 2.73. The molecule has 5 aromatic rings. The summed E-state index contributed by atoms with van der Waals surface area (Å²) in [5.74, 6) is -0.0896. The lowest BCUT2D eigenvalue weighted by Crippen LogP contribution is -2.35. The molecule has 0 bridgehead atoms. The lowest BCUT2D eigenvalue weighted by Gasteiger charge is -2.26. The van der Waals surface area contributed by atoms with E-state index in [4.69, 9.17) is 0 Å². The maximum absolute atomic E-state index is 14.5. The molecule has 0 amide bonds. The van der Waals surface area contributed by atoms with Gasteiger partial charge in [0, 0.05) is 35.5 Å². The van der Waals surface area contributed by atoms with Crippen molar-refractivity contribution < 1.29 is 16.8 Å². The molecular weight excluding hydrogens is 565 g/mol. The summed E-state index contributed by atoms with van der Waals surface area (Å²) < 4.78 is 59.9. The van der Waals surface area contributed by atoms with Crippen LogP contribution in [0.25, 0.3) is 10.9 Å². The van der Waals surface area contributed by atoms with Crippen molar-refractivity contribution >= 4 is 30.9 Å². The zero-order valence-electron chi connectivity index (χ0n) is 23.7. The highest BCUT2D eigenvalue weighted by molar-refractivity contribution is 7.90. The number of aromatic nitrogens is 1. The highest BCUT2D eigenvalue weighted by Crippen LogP contribution is 2.70. The van der Waals surface area contributed by atoms with Crippen LogP contribution in [0.4, 0.5) is 0 Å². The van der Waals surface area contributed by atoms with Gasteiger partial charge in [-0.15, -0.1) is 0 Å². The van der Waals surface area contributed by atoms with Crippen LogP contribution in [0.5, 0.6) is 0 Å². The standard InChI is InChI=1S/C34H32N2O4S2/c1-23-13-17-27(18-14-23)41(37,38)35-21-30-32(26-9-5-4-6-10-26)34(30,22-35)33-25(3)29-11-7-8-12-31(29)36(33)42(39,40)28-19-15-24(2)16-20-28/h4-20,30,32H,21-22H2,1-3H3. The van der Waals surface area contributed by atoms with E-state index in [9.17, 15) is 16.8 Å². The van der Waals surface area contributed by atoms with Gasteiger partial charge in [-0.3, -0.25) is 0 Å². The monoisotopic (exact) mass is 596 g/mol. The Hall–Kier alpha value is -3.72. The van der Waals surface area contributed by atoms with Crippen LogP contribution in [0.15, 0.2) is 113 Å². The molecule has 1 aromatic heterocycles. The van der Waals surface area contributed by atoms with E-state index in [1.54, 1.807) is 28.6 Å². The number of para-hydroxylation sites is 1.